The first-order valence-electron chi connectivity index (χ1n) is 7.57. The molecule has 2 rings (SSSR count). The normalized spacial score (nSPS) is 23.4. The summed E-state index contributed by atoms with van der Waals surface area (Å²) in [6.07, 6.45) is 0.758. The molecular weight excluding hydrogens is 250 g/mol. The van der Waals surface area contributed by atoms with Gasteiger partial charge in [-0.1, -0.05) is 51.1 Å². The van der Waals surface area contributed by atoms with Gasteiger partial charge in [-0.25, -0.2) is 5.01 Å². The van der Waals surface area contributed by atoms with Gasteiger partial charge in [0.15, 0.2) is 0 Å². The first-order valence-corrected chi connectivity index (χ1v) is 7.57. The third kappa shape index (κ3) is 2.45. The van der Waals surface area contributed by atoms with Crippen LogP contribution in [0.4, 0.5) is 0 Å². The molecule has 110 valence electrons. The van der Waals surface area contributed by atoms with E-state index in [1.807, 2.05) is 35.3 Å². The molecule has 1 heterocycles. The van der Waals surface area contributed by atoms with E-state index in [2.05, 4.69) is 31.1 Å². The number of nitrogens with zero attached hydrogens (tertiary/aromatic N) is 2. The Balaban J connectivity index is 2.36. The summed E-state index contributed by atoms with van der Waals surface area (Å²) < 4.78 is 0. The smallest absolute Gasteiger partial charge is 0.261 e. The van der Waals surface area contributed by atoms with E-state index in [-0.39, 0.29) is 5.91 Å². The molecule has 1 atom stereocenters. The van der Waals surface area contributed by atoms with Gasteiger partial charge in [0, 0.05) is 19.6 Å². The Labute approximate surface area is 121 Å². The lowest BCUT2D eigenvalue weighted by Gasteiger charge is -2.46. The zero-order valence-corrected chi connectivity index (χ0v) is 12.7. The largest absolute Gasteiger partial charge is 0.298 e. The summed E-state index contributed by atoms with van der Waals surface area (Å²) in [7, 11) is 0. The van der Waals surface area contributed by atoms with Crippen molar-refractivity contribution in [3.8, 4) is 0 Å². The van der Waals surface area contributed by atoms with E-state index in [9.17, 15) is 4.79 Å². The second-order valence-electron chi connectivity index (χ2n) is 5.12. The van der Waals surface area contributed by atoms with Gasteiger partial charge < -0.3 is 0 Å². The number of carbonyl (C=O) groups excluding carboxylic acids is 1. The maximum Gasteiger partial charge on any atom is 0.261 e. The van der Waals surface area contributed by atoms with Crippen LogP contribution in [0.1, 0.15) is 32.8 Å². The van der Waals surface area contributed by atoms with Gasteiger partial charge in [0.05, 0.1) is 6.54 Å². The molecule has 4 heteroatoms. The van der Waals surface area contributed by atoms with Crippen molar-refractivity contribution < 1.29 is 4.79 Å². The molecule has 4 nitrogen and oxygen atoms in total. The van der Waals surface area contributed by atoms with E-state index in [0.29, 0.717) is 0 Å². The van der Waals surface area contributed by atoms with E-state index < -0.39 is 5.54 Å². The second kappa shape index (κ2) is 6.37. The molecule has 0 aromatic heterocycles. The molecule has 1 fully saturated rings. The number of hydrazine groups is 1. The van der Waals surface area contributed by atoms with E-state index in [1.165, 1.54) is 0 Å². The second-order valence-corrected chi connectivity index (χ2v) is 5.12. The molecule has 1 amide bonds. The zero-order valence-electron chi connectivity index (χ0n) is 12.7. The molecule has 0 radical (unpaired) electrons. The number of rotatable bonds is 5. The maximum atomic E-state index is 13.1. The molecule has 0 bridgehead atoms. The molecule has 20 heavy (non-hydrogen) atoms. The van der Waals surface area contributed by atoms with Gasteiger partial charge in [-0.05, 0) is 12.0 Å². The lowest BCUT2D eigenvalue weighted by atomic mass is 9.84. The first-order chi connectivity index (χ1) is 9.69. The number of carbonyl (C=O) groups is 1. The molecule has 1 aromatic rings. The number of amides is 1. The third-order valence-corrected chi connectivity index (χ3v) is 4.22. The topological polar surface area (TPSA) is 35.6 Å². The van der Waals surface area contributed by atoms with Crippen molar-refractivity contribution in [2.45, 2.75) is 32.7 Å². The summed E-state index contributed by atoms with van der Waals surface area (Å²) in [6.45, 7) is 9.54. The Morgan fingerprint density at radius 1 is 1.20 bits per heavy atom. The lowest BCUT2D eigenvalue weighted by molar-refractivity contribution is -0.162. The van der Waals surface area contributed by atoms with Gasteiger partial charge in [0.25, 0.3) is 5.91 Å². The lowest BCUT2D eigenvalue weighted by Crippen LogP contribution is -2.65. The van der Waals surface area contributed by atoms with Gasteiger partial charge in [0.1, 0.15) is 5.54 Å². The predicted octanol–water partition coefficient (Wildman–Crippen LogP) is 1.98. The highest BCUT2D eigenvalue weighted by molar-refractivity contribution is 5.88. The van der Waals surface area contributed by atoms with Crippen LogP contribution in [0.5, 0.6) is 0 Å². The Bertz CT molecular complexity index is 444. The van der Waals surface area contributed by atoms with Gasteiger partial charge >= 0.3 is 0 Å². The molecule has 0 saturated carbocycles. The van der Waals surface area contributed by atoms with Crippen LogP contribution in [-0.4, -0.2) is 42.1 Å². The van der Waals surface area contributed by atoms with Crippen LogP contribution >= 0.6 is 0 Å². The molecule has 1 aliphatic rings. The van der Waals surface area contributed by atoms with Crippen molar-refractivity contribution >= 4 is 5.91 Å². The number of piperazine rings is 1. The van der Waals surface area contributed by atoms with Crippen molar-refractivity contribution in [2.24, 2.45) is 0 Å². The monoisotopic (exact) mass is 275 g/mol. The predicted molar refractivity (Wildman–Crippen MR) is 81.0 cm³/mol. The highest BCUT2D eigenvalue weighted by Gasteiger charge is 2.44. The van der Waals surface area contributed by atoms with Crippen LogP contribution in [0.2, 0.25) is 0 Å². The SMILES string of the molecule is CCN(CC)N1CCNC(CC)(c2ccccc2)C1=O. The summed E-state index contributed by atoms with van der Waals surface area (Å²) in [5, 5.41) is 7.51. The quantitative estimate of drug-likeness (QED) is 0.892. The summed E-state index contributed by atoms with van der Waals surface area (Å²) >= 11 is 0. The van der Waals surface area contributed by atoms with E-state index in [0.717, 1.165) is 38.2 Å². The maximum absolute atomic E-state index is 13.1. The van der Waals surface area contributed by atoms with E-state index in [4.69, 9.17) is 0 Å². The Kier molecular flexibility index (Phi) is 4.78. The summed E-state index contributed by atoms with van der Waals surface area (Å²) in [4.78, 5) is 13.1. The minimum atomic E-state index is -0.581. The molecule has 0 spiro atoms. The highest BCUT2D eigenvalue weighted by Crippen LogP contribution is 2.30. The van der Waals surface area contributed by atoms with Crippen LogP contribution < -0.4 is 5.32 Å². The van der Waals surface area contributed by atoms with Crippen LogP contribution in [0.3, 0.4) is 0 Å². The minimum Gasteiger partial charge on any atom is -0.298 e. The average molecular weight is 275 g/mol. The first kappa shape index (κ1) is 15.0. The highest BCUT2D eigenvalue weighted by atomic mass is 16.2. The Morgan fingerprint density at radius 2 is 1.85 bits per heavy atom. The number of nitrogens with one attached hydrogen (secondary N) is 1. The molecule has 1 aliphatic heterocycles. The van der Waals surface area contributed by atoms with Gasteiger partial charge in [-0.3, -0.25) is 15.1 Å². The van der Waals surface area contributed by atoms with Crippen molar-refractivity contribution in [1.29, 1.82) is 0 Å². The van der Waals surface area contributed by atoms with Crippen molar-refractivity contribution in [3.63, 3.8) is 0 Å². The third-order valence-electron chi connectivity index (χ3n) is 4.22. The van der Waals surface area contributed by atoms with Crippen molar-refractivity contribution in [1.82, 2.24) is 15.3 Å². The molecule has 1 N–H and O–H groups in total. The van der Waals surface area contributed by atoms with E-state index in [1.54, 1.807) is 0 Å². The van der Waals surface area contributed by atoms with Crippen LogP contribution in [0.25, 0.3) is 0 Å². The fraction of sp³-hybridized carbons (Fsp3) is 0.562. The minimum absolute atomic E-state index is 0.168. The molecule has 0 aliphatic carbocycles. The van der Waals surface area contributed by atoms with Gasteiger partial charge in [-0.15, -0.1) is 0 Å². The molecular formula is C16H25N3O. The molecule has 1 saturated heterocycles. The Morgan fingerprint density at radius 3 is 2.40 bits per heavy atom. The van der Waals surface area contributed by atoms with Crippen LogP contribution in [0, 0.1) is 0 Å². The average Bonchev–Trinajstić information content (AvgIpc) is 2.51. The van der Waals surface area contributed by atoms with Crippen molar-refractivity contribution in [2.75, 3.05) is 26.2 Å². The molecule has 1 unspecified atom stereocenters. The van der Waals surface area contributed by atoms with Gasteiger partial charge in [-0.2, -0.15) is 0 Å². The summed E-state index contributed by atoms with van der Waals surface area (Å²) in [5.41, 5.74) is 0.478. The van der Waals surface area contributed by atoms with Gasteiger partial charge in [0.2, 0.25) is 0 Å². The zero-order chi connectivity index (χ0) is 14.6. The number of hydrogen-bond acceptors (Lipinski definition) is 3. The van der Waals surface area contributed by atoms with E-state index >= 15 is 0 Å². The number of hydrogen-bond donors (Lipinski definition) is 1. The standard InChI is InChI=1S/C16H25N3O/c1-4-16(14-10-8-7-9-11-14)15(20)19(13-12-17-16)18(5-2)6-3/h7-11,17H,4-6,12-13H2,1-3H3. The number of benzene rings is 1. The fourth-order valence-corrected chi connectivity index (χ4v) is 3.04. The molecule has 1 aromatic carbocycles. The summed E-state index contributed by atoms with van der Waals surface area (Å²) in [5.74, 6) is 0.168. The van der Waals surface area contributed by atoms with Crippen molar-refractivity contribution in [3.05, 3.63) is 35.9 Å². The van der Waals surface area contributed by atoms with Crippen LogP contribution in [0.15, 0.2) is 30.3 Å². The fourth-order valence-electron chi connectivity index (χ4n) is 3.04. The van der Waals surface area contributed by atoms with Crippen LogP contribution in [-0.2, 0) is 10.3 Å². The summed E-state index contributed by atoms with van der Waals surface area (Å²) in [6, 6.07) is 10.1. The Hall–Kier alpha value is -1.39.